The van der Waals surface area contributed by atoms with Crippen molar-refractivity contribution in [2.24, 2.45) is 0 Å². The highest BCUT2D eigenvalue weighted by Gasteiger charge is 2.22. The Kier molecular flexibility index (Phi) is 16.7. The second-order valence-corrected chi connectivity index (χ2v) is 30.8. The molecule has 18 aromatic carbocycles. The Morgan fingerprint density at radius 2 is 0.325 bits per heavy atom. The third-order valence-corrected chi connectivity index (χ3v) is 24.0. The van der Waals surface area contributed by atoms with Gasteiger partial charge < -0.3 is 27.4 Å². The highest BCUT2D eigenvalue weighted by molar-refractivity contribution is 6.16. The summed E-state index contributed by atoms with van der Waals surface area (Å²) in [5.74, 6) is 0.717. The number of hydrogen-bond acceptors (Lipinski definition) is 2. The fraction of sp³-hybridized carbons (Fsp3) is 0. The SMILES string of the molecule is c1ccc(-c2cc(-c3ccccc3)nc(-c3ccc(-n4c5ccccc5c5ccccc54)cc3)n2)cc1.c1ccc(-n2c3ccccc3c3cc(-c4ccc5c(c4)c4ccccc4n5-c4ccccc4)ccc32)cc1.c1ccc(-n2c3ccccc3c3cc(-n4c5ccccc5c5cc(-n6c7ccccc7c7ccccc76)ccc54)ccc32)cc1. The molecule has 120 heavy (non-hydrogen) atoms. The summed E-state index contributed by atoms with van der Waals surface area (Å²) in [6, 6.07) is 160. The van der Waals surface area contributed by atoms with E-state index in [0.29, 0.717) is 5.82 Å². The van der Waals surface area contributed by atoms with Gasteiger partial charge in [-0.15, -0.1) is 0 Å². The van der Waals surface area contributed by atoms with E-state index in [4.69, 9.17) is 9.97 Å². The van der Waals surface area contributed by atoms with Crippen molar-refractivity contribution in [3.05, 3.63) is 449 Å². The molecule has 25 rings (SSSR count). The van der Waals surface area contributed by atoms with E-state index in [0.717, 1.165) is 39.5 Å². The monoisotopic (exact) mass is 1530 g/mol. The molecule has 0 saturated carbocycles. The number of fused-ring (bicyclic) bond motifs is 18. The van der Waals surface area contributed by atoms with Crippen LogP contribution in [-0.4, -0.2) is 37.4 Å². The quantitative estimate of drug-likeness (QED) is 0.137. The molecule has 8 heteroatoms. The Balaban J connectivity index is 0.000000106. The van der Waals surface area contributed by atoms with E-state index < -0.39 is 0 Å². The molecule has 0 aliphatic carbocycles. The predicted molar refractivity (Wildman–Crippen MR) is 503 cm³/mol. The molecular weight excluding hydrogens is 1460 g/mol. The molecule has 0 spiro atoms. The molecule has 0 bridgehead atoms. The van der Waals surface area contributed by atoms with Crippen molar-refractivity contribution in [1.29, 1.82) is 0 Å². The summed E-state index contributed by atoms with van der Waals surface area (Å²) in [4.78, 5) is 9.95. The van der Waals surface area contributed by atoms with Crippen molar-refractivity contribution in [1.82, 2.24) is 37.4 Å². The van der Waals surface area contributed by atoms with Gasteiger partial charge in [0.15, 0.2) is 5.82 Å². The van der Waals surface area contributed by atoms with Gasteiger partial charge in [0.2, 0.25) is 0 Å². The van der Waals surface area contributed by atoms with Gasteiger partial charge in [0.05, 0.1) is 77.6 Å². The molecule has 7 aromatic heterocycles. The van der Waals surface area contributed by atoms with Gasteiger partial charge in [-0.25, -0.2) is 9.97 Å². The summed E-state index contributed by atoms with van der Waals surface area (Å²) >= 11 is 0. The van der Waals surface area contributed by atoms with Gasteiger partial charge in [-0.05, 0) is 187 Å². The Morgan fingerprint density at radius 1 is 0.125 bits per heavy atom. The summed E-state index contributed by atoms with van der Waals surface area (Å²) in [6.45, 7) is 0. The van der Waals surface area contributed by atoms with E-state index in [2.05, 4.69) is 440 Å². The highest BCUT2D eigenvalue weighted by atomic mass is 15.0. The first-order valence-corrected chi connectivity index (χ1v) is 40.9. The number of hydrogen-bond donors (Lipinski definition) is 0. The van der Waals surface area contributed by atoms with E-state index in [-0.39, 0.29) is 0 Å². The average Bonchev–Trinajstić information content (AvgIpc) is 1.59. The van der Waals surface area contributed by atoms with Crippen LogP contribution in [0.4, 0.5) is 0 Å². The van der Waals surface area contributed by atoms with Gasteiger partial charge in [-0.3, -0.25) is 0 Å². The fourth-order valence-electron chi connectivity index (χ4n) is 18.6. The molecule has 0 fully saturated rings. The number of nitrogens with zero attached hydrogens (tertiary/aromatic N) is 8. The van der Waals surface area contributed by atoms with Crippen LogP contribution >= 0.6 is 0 Å². The largest absolute Gasteiger partial charge is 0.309 e. The van der Waals surface area contributed by atoms with Crippen molar-refractivity contribution in [3.63, 3.8) is 0 Å². The lowest BCUT2D eigenvalue weighted by Crippen LogP contribution is -1.97. The van der Waals surface area contributed by atoms with Crippen molar-refractivity contribution in [3.8, 4) is 79.2 Å². The van der Waals surface area contributed by atoms with Crippen molar-refractivity contribution < 1.29 is 0 Å². The van der Waals surface area contributed by atoms with E-state index in [1.807, 2.05) is 36.4 Å². The maximum absolute atomic E-state index is 4.97. The number of para-hydroxylation sites is 11. The van der Waals surface area contributed by atoms with Crippen LogP contribution in [0.3, 0.4) is 0 Å². The first-order chi connectivity index (χ1) is 59.6. The molecule has 8 nitrogen and oxygen atoms in total. The van der Waals surface area contributed by atoms with Gasteiger partial charge in [0.25, 0.3) is 0 Å². The third-order valence-electron chi connectivity index (χ3n) is 24.0. The summed E-state index contributed by atoms with van der Waals surface area (Å²) in [6.07, 6.45) is 0. The van der Waals surface area contributed by atoms with E-state index in [9.17, 15) is 0 Å². The zero-order chi connectivity index (χ0) is 79.1. The normalized spacial score (nSPS) is 11.7. The standard InChI is InChI=1S/C42H27N3.C36H24N2.C34H23N3/c1-2-12-28(13-3-1)43-39-20-10-6-16-33(39)35-27-30(22-24-41(35)43)45-40-21-11-7-17-34(40)36-26-29(23-25-42(36)45)44-37-18-8-4-14-31(37)32-15-5-9-19-38(32)44;1-3-11-27(12-4-1)37-33-17-9-7-15-29(33)31-23-25(19-21-35(31)37)26-20-22-36-32(24-26)30-16-8-10-18-34(30)38(36)28-13-5-2-6-14-28;1-3-11-24(12-4-1)30-23-31(25-13-5-2-6-14-25)36-34(35-30)26-19-21-27(22-20-26)37-32-17-9-7-15-28(32)29-16-8-10-18-33(29)37/h1-27H;1-24H;1-23H. The minimum atomic E-state index is 0.717. The van der Waals surface area contributed by atoms with Gasteiger partial charge in [-0.1, -0.05) is 273 Å². The first kappa shape index (κ1) is 69.4. The summed E-state index contributed by atoms with van der Waals surface area (Å²) in [5.41, 5.74) is 29.0. The van der Waals surface area contributed by atoms with E-state index in [1.54, 1.807) is 0 Å². The second-order valence-electron chi connectivity index (χ2n) is 30.8. The van der Waals surface area contributed by atoms with E-state index in [1.165, 1.54) is 165 Å². The number of benzene rings is 18. The lowest BCUT2D eigenvalue weighted by atomic mass is 10.0. The molecule has 0 amide bonds. The van der Waals surface area contributed by atoms with Crippen molar-refractivity contribution in [2.45, 2.75) is 0 Å². The molecule has 562 valence electrons. The van der Waals surface area contributed by atoms with Crippen LogP contribution in [0.1, 0.15) is 0 Å². The Bertz CT molecular complexity index is 7930. The molecule has 0 N–H and O–H groups in total. The van der Waals surface area contributed by atoms with E-state index >= 15 is 0 Å². The first-order valence-electron chi connectivity index (χ1n) is 40.9. The topological polar surface area (TPSA) is 55.4 Å². The predicted octanol–water partition coefficient (Wildman–Crippen LogP) is 29.1. The average molecular weight is 1530 g/mol. The van der Waals surface area contributed by atoms with Crippen LogP contribution < -0.4 is 0 Å². The fourth-order valence-corrected chi connectivity index (χ4v) is 18.6. The molecule has 0 aliphatic rings. The molecule has 7 heterocycles. The van der Waals surface area contributed by atoms with Crippen LogP contribution in [0.15, 0.2) is 449 Å². The van der Waals surface area contributed by atoms with Crippen LogP contribution in [0, 0.1) is 0 Å². The third kappa shape index (κ3) is 11.7. The lowest BCUT2D eigenvalue weighted by Gasteiger charge is -2.11. The minimum Gasteiger partial charge on any atom is -0.309 e. The second kappa shape index (κ2) is 29.0. The van der Waals surface area contributed by atoms with Gasteiger partial charge in [0.1, 0.15) is 0 Å². The van der Waals surface area contributed by atoms with Crippen LogP contribution in [0.5, 0.6) is 0 Å². The van der Waals surface area contributed by atoms with Crippen LogP contribution in [0.2, 0.25) is 0 Å². The van der Waals surface area contributed by atoms with Crippen LogP contribution in [0.25, 0.3) is 210 Å². The number of rotatable bonds is 10. The maximum Gasteiger partial charge on any atom is 0.160 e. The molecule has 0 atom stereocenters. The van der Waals surface area contributed by atoms with Gasteiger partial charge in [-0.2, -0.15) is 0 Å². The number of aromatic nitrogens is 8. The molecule has 0 aliphatic heterocycles. The zero-order valence-corrected chi connectivity index (χ0v) is 65.3. The van der Waals surface area contributed by atoms with Gasteiger partial charge in [0, 0.05) is 115 Å². The smallest absolute Gasteiger partial charge is 0.160 e. The molecule has 0 radical (unpaired) electrons. The Morgan fingerprint density at radius 3 is 0.617 bits per heavy atom. The summed E-state index contributed by atoms with van der Waals surface area (Å²) in [5, 5.41) is 15.2. The zero-order valence-electron chi connectivity index (χ0n) is 65.3. The Labute approximate surface area is 691 Å². The minimum absolute atomic E-state index is 0.717. The lowest BCUT2D eigenvalue weighted by molar-refractivity contribution is 1.16. The molecular formula is C112H74N8. The molecule has 0 saturated heterocycles. The maximum atomic E-state index is 4.97. The van der Waals surface area contributed by atoms with Crippen molar-refractivity contribution >= 4 is 131 Å². The summed E-state index contributed by atoms with van der Waals surface area (Å²) < 4.78 is 14.3. The highest BCUT2D eigenvalue weighted by Crippen LogP contribution is 2.43. The van der Waals surface area contributed by atoms with Gasteiger partial charge >= 0.3 is 0 Å². The molecule has 0 unspecified atom stereocenters. The molecule has 25 aromatic rings. The van der Waals surface area contributed by atoms with Crippen LogP contribution in [-0.2, 0) is 0 Å². The van der Waals surface area contributed by atoms with Crippen molar-refractivity contribution in [2.75, 3.05) is 0 Å². The summed E-state index contributed by atoms with van der Waals surface area (Å²) in [7, 11) is 0. The Hall–Kier alpha value is -16.2.